The first kappa shape index (κ1) is 16.1. The zero-order chi connectivity index (χ0) is 20.0. The van der Waals surface area contributed by atoms with Crippen molar-refractivity contribution >= 4 is 55.1 Å². The van der Waals surface area contributed by atoms with Crippen LogP contribution in [0.1, 0.15) is 13.8 Å². The standard InChI is InChI=1S/C27H20N2O/c1-16(2)28-21-12-6-7-13-22(21)29-20-11-5-3-9-17(20)19-15-24-25(27(28)26(19)29)18-10-4-8-14-23(18)30-24/h3-16H,1-2H3. The van der Waals surface area contributed by atoms with Crippen molar-refractivity contribution in [1.29, 1.82) is 0 Å². The first-order valence-electron chi connectivity index (χ1n) is 10.5. The van der Waals surface area contributed by atoms with Gasteiger partial charge in [0.25, 0.3) is 0 Å². The Labute approximate surface area is 173 Å². The third-order valence-electron chi connectivity index (χ3n) is 6.41. The van der Waals surface area contributed by atoms with Crippen LogP contribution in [-0.4, -0.2) is 10.6 Å². The molecule has 0 aliphatic carbocycles. The second-order valence-electron chi connectivity index (χ2n) is 8.40. The van der Waals surface area contributed by atoms with Gasteiger partial charge in [-0.2, -0.15) is 0 Å². The van der Waals surface area contributed by atoms with Crippen molar-refractivity contribution in [3.63, 3.8) is 0 Å². The number of nitrogens with zero attached hydrogens (tertiary/aromatic N) is 2. The van der Waals surface area contributed by atoms with Crippen molar-refractivity contribution in [1.82, 2.24) is 4.57 Å². The van der Waals surface area contributed by atoms with E-state index in [4.69, 9.17) is 4.42 Å². The zero-order valence-electron chi connectivity index (χ0n) is 16.9. The Hall–Kier alpha value is -3.72. The van der Waals surface area contributed by atoms with Crippen LogP contribution in [0.5, 0.6) is 0 Å². The largest absolute Gasteiger partial charge is 0.456 e. The molecule has 0 amide bonds. The molecule has 0 saturated heterocycles. The van der Waals surface area contributed by atoms with E-state index in [2.05, 4.69) is 96.1 Å². The van der Waals surface area contributed by atoms with Gasteiger partial charge in [0.05, 0.1) is 33.5 Å². The fourth-order valence-electron chi connectivity index (χ4n) is 5.30. The average molecular weight is 388 g/mol. The van der Waals surface area contributed by atoms with E-state index in [0.717, 1.165) is 11.2 Å². The summed E-state index contributed by atoms with van der Waals surface area (Å²) in [6, 6.07) is 28.4. The van der Waals surface area contributed by atoms with Crippen molar-refractivity contribution in [2.45, 2.75) is 19.9 Å². The van der Waals surface area contributed by atoms with Gasteiger partial charge in [-0.05, 0) is 44.2 Å². The number of hydrogen-bond acceptors (Lipinski definition) is 2. The Balaban J connectivity index is 1.84. The Bertz CT molecular complexity index is 1630. The normalized spacial score (nSPS) is 13.2. The number of hydrogen-bond donors (Lipinski definition) is 0. The van der Waals surface area contributed by atoms with Crippen LogP contribution in [0.15, 0.2) is 83.3 Å². The molecule has 3 nitrogen and oxygen atoms in total. The molecule has 7 rings (SSSR count). The summed E-state index contributed by atoms with van der Waals surface area (Å²) in [5, 5.41) is 4.88. The highest BCUT2D eigenvalue weighted by Crippen LogP contribution is 2.52. The fourth-order valence-corrected chi connectivity index (χ4v) is 5.30. The molecule has 0 radical (unpaired) electrons. The molecule has 0 fully saturated rings. The maximum Gasteiger partial charge on any atom is 0.138 e. The van der Waals surface area contributed by atoms with Crippen LogP contribution in [0, 0.1) is 0 Å². The number of anilines is 2. The van der Waals surface area contributed by atoms with Crippen LogP contribution in [0.3, 0.4) is 0 Å². The van der Waals surface area contributed by atoms with E-state index < -0.39 is 0 Å². The molecule has 6 aromatic rings. The van der Waals surface area contributed by atoms with Gasteiger partial charge in [-0.3, -0.25) is 0 Å². The van der Waals surface area contributed by atoms with E-state index >= 15 is 0 Å². The summed E-state index contributed by atoms with van der Waals surface area (Å²) < 4.78 is 8.81. The lowest BCUT2D eigenvalue weighted by atomic mass is 10.0. The number of furan rings is 1. The summed E-state index contributed by atoms with van der Waals surface area (Å²) in [6.07, 6.45) is 0. The van der Waals surface area contributed by atoms with Gasteiger partial charge >= 0.3 is 0 Å². The van der Waals surface area contributed by atoms with Crippen LogP contribution in [-0.2, 0) is 0 Å². The number of aromatic nitrogens is 1. The first-order chi connectivity index (χ1) is 14.7. The van der Waals surface area contributed by atoms with Gasteiger partial charge in [0.15, 0.2) is 0 Å². The number of para-hydroxylation sites is 4. The van der Waals surface area contributed by atoms with Gasteiger partial charge in [0.1, 0.15) is 11.2 Å². The van der Waals surface area contributed by atoms with Crippen LogP contribution in [0.25, 0.3) is 49.4 Å². The van der Waals surface area contributed by atoms with Gasteiger partial charge in [-0.1, -0.05) is 48.5 Å². The zero-order valence-corrected chi connectivity index (χ0v) is 16.9. The SMILES string of the molecule is CC(C)N1c2ccccc2-n2c3ccccc3c3cc4oc5ccccc5c4c1c32. The molecule has 0 N–H and O–H groups in total. The van der Waals surface area contributed by atoms with Crippen LogP contribution in [0.4, 0.5) is 11.4 Å². The van der Waals surface area contributed by atoms with E-state index in [1.165, 1.54) is 49.6 Å². The summed E-state index contributed by atoms with van der Waals surface area (Å²) in [6.45, 7) is 4.53. The number of benzene rings is 4. The lowest BCUT2D eigenvalue weighted by Gasteiger charge is -2.36. The minimum Gasteiger partial charge on any atom is -0.456 e. The molecule has 2 aromatic heterocycles. The predicted octanol–water partition coefficient (Wildman–Crippen LogP) is 7.54. The lowest BCUT2D eigenvalue weighted by Crippen LogP contribution is -2.29. The summed E-state index contributed by atoms with van der Waals surface area (Å²) in [7, 11) is 0. The number of fused-ring (bicyclic) bond motifs is 9. The molecule has 3 heteroatoms. The summed E-state index contributed by atoms with van der Waals surface area (Å²) in [5.41, 5.74) is 8.11. The third-order valence-corrected chi connectivity index (χ3v) is 6.41. The minimum atomic E-state index is 0.306. The second kappa shape index (κ2) is 5.45. The van der Waals surface area contributed by atoms with Gasteiger partial charge < -0.3 is 13.9 Å². The Morgan fingerprint density at radius 2 is 1.40 bits per heavy atom. The quantitative estimate of drug-likeness (QED) is 0.290. The maximum atomic E-state index is 6.37. The molecule has 4 aromatic carbocycles. The van der Waals surface area contributed by atoms with Gasteiger partial charge in [-0.25, -0.2) is 0 Å². The fraction of sp³-hybridized carbons (Fsp3) is 0.111. The Morgan fingerprint density at radius 3 is 2.23 bits per heavy atom. The second-order valence-corrected chi connectivity index (χ2v) is 8.40. The maximum absolute atomic E-state index is 6.37. The summed E-state index contributed by atoms with van der Waals surface area (Å²) >= 11 is 0. The molecule has 0 bridgehead atoms. The summed E-state index contributed by atoms with van der Waals surface area (Å²) in [5.74, 6) is 0. The minimum absolute atomic E-state index is 0.306. The molecular formula is C27H20N2O. The molecule has 1 aliphatic heterocycles. The summed E-state index contributed by atoms with van der Waals surface area (Å²) in [4.78, 5) is 2.49. The lowest BCUT2D eigenvalue weighted by molar-refractivity contribution is 0.669. The topological polar surface area (TPSA) is 21.3 Å². The van der Waals surface area contributed by atoms with E-state index in [1.54, 1.807) is 0 Å². The van der Waals surface area contributed by atoms with Gasteiger partial charge in [-0.15, -0.1) is 0 Å². The van der Waals surface area contributed by atoms with E-state index in [1.807, 2.05) is 6.07 Å². The predicted molar refractivity (Wildman–Crippen MR) is 125 cm³/mol. The molecule has 0 saturated carbocycles. The highest BCUT2D eigenvalue weighted by Gasteiger charge is 2.32. The highest BCUT2D eigenvalue weighted by atomic mass is 16.3. The first-order valence-corrected chi connectivity index (χ1v) is 10.5. The van der Waals surface area contributed by atoms with E-state index in [-0.39, 0.29) is 0 Å². The average Bonchev–Trinajstić information content (AvgIpc) is 3.30. The number of rotatable bonds is 1. The molecular weight excluding hydrogens is 368 g/mol. The molecule has 144 valence electrons. The molecule has 1 aliphatic rings. The van der Waals surface area contributed by atoms with Crippen LogP contribution < -0.4 is 4.90 Å². The van der Waals surface area contributed by atoms with E-state index in [0.29, 0.717) is 6.04 Å². The third kappa shape index (κ3) is 1.81. The molecule has 3 heterocycles. The van der Waals surface area contributed by atoms with Crippen LogP contribution in [0.2, 0.25) is 0 Å². The highest BCUT2D eigenvalue weighted by molar-refractivity contribution is 6.26. The molecule has 0 atom stereocenters. The Kier molecular flexibility index (Phi) is 2.93. The Morgan fingerprint density at radius 1 is 0.700 bits per heavy atom. The monoisotopic (exact) mass is 388 g/mol. The van der Waals surface area contributed by atoms with Crippen molar-refractivity contribution in [2.75, 3.05) is 4.90 Å². The molecule has 0 unspecified atom stereocenters. The van der Waals surface area contributed by atoms with Gasteiger partial charge in [0.2, 0.25) is 0 Å². The molecule has 30 heavy (non-hydrogen) atoms. The van der Waals surface area contributed by atoms with Gasteiger partial charge in [0, 0.05) is 22.2 Å². The van der Waals surface area contributed by atoms with Crippen molar-refractivity contribution in [2.24, 2.45) is 0 Å². The smallest absolute Gasteiger partial charge is 0.138 e. The van der Waals surface area contributed by atoms with Crippen molar-refractivity contribution < 1.29 is 4.42 Å². The van der Waals surface area contributed by atoms with Crippen molar-refractivity contribution in [3.05, 3.63) is 78.9 Å². The molecule has 0 spiro atoms. The van der Waals surface area contributed by atoms with Crippen LogP contribution >= 0.6 is 0 Å². The van der Waals surface area contributed by atoms with E-state index in [9.17, 15) is 0 Å². The van der Waals surface area contributed by atoms with Crippen molar-refractivity contribution in [3.8, 4) is 5.69 Å².